The summed E-state index contributed by atoms with van der Waals surface area (Å²) in [6.45, 7) is 2.31. The molecule has 0 bridgehead atoms. The first-order valence-corrected chi connectivity index (χ1v) is 7.00. The minimum atomic E-state index is -0.409. The predicted octanol–water partition coefficient (Wildman–Crippen LogP) is 4.25. The Balaban J connectivity index is 2.06. The first kappa shape index (κ1) is 15.7. The van der Waals surface area contributed by atoms with E-state index in [0.717, 1.165) is 0 Å². The van der Waals surface area contributed by atoms with Crippen LogP contribution < -0.4 is 15.4 Å². The van der Waals surface area contributed by atoms with Crippen LogP contribution in [0.3, 0.4) is 0 Å². The number of halogens is 1. The van der Waals surface area contributed by atoms with Crippen molar-refractivity contribution in [2.75, 3.05) is 17.2 Å². The molecule has 0 aromatic heterocycles. The van der Waals surface area contributed by atoms with Crippen molar-refractivity contribution in [2.24, 2.45) is 0 Å². The zero-order valence-corrected chi connectivity index (χ0v) is 12.6. The van der Waals surface area contributed by atoms with Gasteiger partial charge in [-0.15, -0.1) is 0 Å². The van der Waals surface area contributed by atoms with Crippen molar-refractivity contribution in [3.05, 3.63) is 53.1 Å². The number of nitrogens with zero attached hydrogens (tertiary/aromatic N) is 1. The summed E-state index contributed by atoms with van der Waals surface area (Å²) in [4.78, 5) is 12.0. The van der Waals surface area contributed by atoms with Crippen LogP contribution in [-0.4, -0.2) is 12.6 Å². The average Bonchev–Trinajstić information content (AvgIpc) is 2.51. The molecule has 0 heterocycles. The van der Waals surface area contributed by atoms with E-state index in [4.69, 9.17) is 21.6 Å². The molecule has 0 saturated carbocycles. The third-order valence-corrected chi connectivity index (χ3v) is 3.00. The van der Waals surface area contributed by atoms with E-state index in [1.165, 1.54) is 0 Å². The van der Waals surface area contributed by atoms with Gasteiger partial charge in [0.2, 0.25) is 0 Å². The number of benzene rings is 2. The number of ether oxygens (including phenoxy) is 1. The average molecular weight is 316 g/mol. The number of hydrogen-bond acceptors (Lipinski definition) is 3. The first-order chi connectivity index (χ1) is 10.6. The topological polar surface area (TPSA) is 74.2 Å². The van der Waals surface area contributed by atoms with Gasteiger partial charge in [-0.05, 0) is 43.3 Å². The van der Waals surface area contributed by atoms with Gasteiger partial charge in [0.1, 0.15) is 5.75 Å². The van der Waals surface area contributed by atoms with Crippen molar-refractivity contribution in [3.8, 4) is 11.8 Å². The van der Waals surface area contributed by atoms with Crippen LogP contribution >= 0.6 is 11.6 Å². The third-order valence-electron chi connectivity index (χ3n) is 2.76. The molecule has 0 spiro atoms. The third kappa shape index (κ3) is 4.14. The van der Waals surface area contributed by atoms with Crippen LogP contribution in [0.25, 0.3) is 0 Å². The Kier molecular flexibility index (Phi) is 5.23. The highest BCUT2D eigenvalue weighted by Gasteiger charge is 2.09. The molecule has 2 N–H and O–H groups in total. The lowest BCUT2D eigenvalue weighted by Crippen LogP contribution is -2.19. The molecular weight excluding hydrogens is 302 g/mol. The van der Waals surface area contributed by atoms with Gasteiger partial charge in [0, 0.05) is 16.8 Å². The molecule has 2 aromatic carbocycles. The van der Waals surface area contributed by atoms with Crippen LogP contribution in [0.2, 0.25) is 5.02 Å². The molecule has 22 heavy (non-hydrogen) atoms. The number of anilines is 2. The summed E-state index contributed by atoms with van der Waals surface area (Å²) in [6, 6.07) is 13.2. The maximum Gasteiger partial charge on any atom is 0.323 e. The lowest BCUT2D eigenvalue weighted by atomic mass is 10.2. The molecule has 2 aromatic rings. The minimum absolute atomic E-state index is 0.409. The smallest absolute Gasteiger partial charge is 0.323 e. The van der Waals surface area contributed by atoms with Gasteiger partial charge in [0.25, 0.3) is 0 Å². The quantitative estimate of drug-likeness (QED) is 0.885. The number of hydrogen-bond donors (Lipinski definition) is 2. The van der Waals surface area contributed by atoms with Gasteiger partial charge in [0.05, 0.1) is 23.9 Å². The van der Waals surface area contributed by atoms with E-state index < -0.39 is 6.03 Å². The Morgan fingerprint density at radius 3 is 2.59 bits per heavy atom. The molecule has 0 aliphatic carbocycles. The van der Waals surface area contributed by atoms with Gasteiger partial charge < -0.3 is 15.4 Å². The molecule has 2 rings (SSSR count). The number of nitriles is 1. The fraction of sp³-hybridized carbons (Fsp3) is 0.125. The molecule has 112 valence electrons. The summed E-state index contributed by atoms with van der Waals surface area (Å²) in [6.07, 6.45) is 0. The number of rotatable bonds is 4. The fourth-order valence-electron chi connectivity index (χ4n) is 1.79. The van der Waals surface area contributed by atoms with Gasteiger partial charge in [-0.25, -0.2) is 4.79 Å². The zero-order valence-electron chi connectivity index (χ0n) is 11.9. The van der Waals surface area contributed by atoms with Crippen LogP contribution in [0, 0.1) is 11.3 Å². The number of amides is 2. The number of carbonyl (C=O) groups is 1. The molecule has 6 heteroatoms. The Morgan fingerprint density at radius 1 is 1.23 bits per heavy atom. The highest BCUT2D eigenvalue weighted by molar-refractivity contribution is 6.30. The van der Waals surface area contributed by atoms with Crippen molar-refractivity contribution in [1.29, 1.82) is 5.26 Å². The van der Waals surface area contributed by atoms with E-state index in [9.17, 15) is 4.79 Å². The molecule has 0 radical (unpaired) electrons. The molecule has 0 aliphatic rings. The minimum Gasteiger partial charge on any atom is -0.492 e. The first-order valence-electron chi connectivity index (χ1n) is 6.63. The predicted molar refractivity (Wildman–Crippen MR) is 86.4 cm³/mol. The van der Waals surface area contributed by atoms with E-state index in [2.05, 4.69) is 10.6 Å². The summed E-state index contributed by atoms with van der Waals surface area (Å²) < 4.78 is 5.44. The van der Waals surface area contributed by atoms with Crippen LogP contribution in [0.15, 0.2) is 42.5 Å². The zero-order chi connectivity index (χ0) is 15.9. The van der Waals surface area contributed by atoms with Gasteiger partial charge in [-0.2, -0.15) is 5.26 Å². The molecule has 5 nitrogen and oxygen atoms in total. The van der Waals surface area contributed by atoms with Gasteiger partial charge in [-0.1, -0.05) is 11.6 Å². The van der Waals surface area contributed by atoms with Crippen molar-refractivity contribution >= 4 is 29.0 Å². The Hall–Kier alpha value is -2.71. The highest BCUT2D eigenvalue weighted by Crippen LogP contribution is 2.28. The van der Waals surface area contributed by atoms with E-state index in [-0.39, 0.29) is 0 Å². The summed E-state index contributed by atoms with van der Waals surface area (Å²) in [5.41, 5.74) is 1.64. The summed E-state index contributed by atoms with van der Waals surface area (Å²) in [5, 5.41) is 14.6. The Morgan fingerprint density at radius 2 is 1.95 bits per heavy atom. The molecular formula is C16H14ClN3O2. The number of carbonyl (C=O) groups excluding carboxylic acids is 1. The van der Waals surface area contributed by atoms with E-state index >= 15 is 0 Å². The number of nitrogens with one attached hydrogen (secondary N) is 2. The molecule has 2 amide bonds. The molecule has 0 atom stereocenters. The lowest BCUT2D eigenvalue weighted by Gasteiger charge is -2.12. The van der Waals surface area contributed by atoms with Crippen molar-refractivity contribution in [1.82, 2.24) is 0 Å². The highest BCUT2D eigenvalue weighted by atomic mass is 35.5. The Labute approximate surface area is 133 Å². The fourth-order valence-corrected chi connectivity index (χ4v) is 1.95. The standard InChI is InChI=1S/C16H14ClN3O2/c1-2-22-15-9-12(17)5-8-14(15)20-16(21)19-13-6-3-11(10-18)4-7-13/h3-9H,2H2,1H3,(H2,19,20,21). The molecule has 0 saturated heterocycles. The van der Waals surface area contributed by atoms with E-state index in [0.29, 0.717) is 34.3 Å². The maximum absolute atomic E-state index is 12.0. The van der Waals surface area contributed by atoms with Crippen LogP contribution in [-0.2, 0) is 0 Å². The van der Waals surface area contributed by atoms with Crippen LogP contribution in [0.4, 0.5) is 16.2 Å². The van der Waals surface area contributed by atoms with Crippen LogP contribution in [0.1, 0.15) is 12.5 Å². The van der Waals surface area contributed by atoms with Gasteiger partial charge >= 0.3 is 6.03 Å². The second kappa shape index (κ2) is 7.34. The normalized spacial score (nSPS) is 9.68. The summed E-state index contributed by atoms with van der Waals surface area (Å²) in [5.74, 6) is 0.505. The van der Waals surface area contributed by atoms with Crippen molar-refractivity contribution < 1.29 is 9.53 Å². The Bertz CT molecular complexity index is 708. The maximum atomic E-state index is 12.0. The largest absolute Gasteiger partial charge is 0.492 e. The summed E-state index contributed by atoms with van der Waals surface area (Å²) in [7, 11) is 0. The lowest BCUT2D eigenvalue weighted by molar-refractivity contribution is 0.262. The number of urea groups is 1. The van der Waals surface area contributed by atoms with Gasteiger partial charge in [-0.3, -0.25) is 0 Å². The molecule has 0 fully saturated rings. The van der Waals surface area contributed by atoms with E-state index in [1.54, 1.807) is 42.5 Å². The van der Waals surface area contributed by atoms with Crippen LogP contribution in [0.5, 0.6) is 5.75 Å². The monoisotopic (exact) mass is 315 g/mol. The molecule has 0 aliphatic heterocycles. The summed E-state index contributed by atoms with van der Waals surface area (Å²) >= 11 is 5.91. The second-order valence-corrected chi connectivity index (χ2v) is 4.78. The second-order valence-electron chi connectivity index (χ2n) is 4.34. The van der Waals surface area contributed by atoms with E-state index in [1.807, 2.05) is 13.0 Å². The molecule has 0 unspecified atom stereocenters. The van der Waals surface area contributed by atoms with Gasteiger partial charge in [0.15, 0.2) is 0 Å². The van der Waals surface area contributed by atoms with Crippen molar-refractivity contribution in [2.45, 2.75) is 6.92 Å². The SMILES string of the molecule is CCOc1cc(Cl)ccc1NC(=O)Nc1ccc(C#N)cc1. The van der Waals surface area contributed by atoms with Crippen molar-refractivity contribution in [3.63, 3.8) is 0 Å².